The maximum Gasteiger partial charge on any atom is 0.119 e. The summed E-state index contributed by atoms with van der Waals surface area (Å²) in [7, 11) is 0. The van der Waals surface area contributed by atoms with E-state index in [2.05, 4.69) is 6.92 Å². The molecule has 0 aromatic heterocycles. The van der Waals surface area contributed by atoms with Gasteiger partial charge >= 0.3 is 0 Å². The van der Waals surface area contributed by atoms with Crippen LogP contribution < -0.4 is 10.5 Å². The third kappa shape index (κ3) is 5.05. The van der Waals surface area contributed by atoms with Gasteiger partial charge in [0.05, 0.1) is 6.61 Å². The topological polar surface area (TPSA) is 35.2 Å². The Morgan fingerprint density at radius 1 is 1.22 bits per heavy atom. The molecule has 1 aromatic rings. The van der Waals surface area contributed by atoms with Gasteiger partial charge in [0.1, 0.15) is 10.7 Å². The molecule has 100 valence electrons. The summed E-state index contributed by atoms with van der Waals surface area (Å²) in [6.45, 7) is 5.01. The lowest BCUT2D eigenvalue weighted by Gasteiger charge is -2.09. The third-order valence-electron chi connectivity index (χ3n) is 2.98. The van der Waals surface area contributed by atoms with E-state index in [0.717, 1.165) is 29.9 Å². The first-order valence-corrected chi connectivity index (χ1v) is 7.09. The van der Waals surface area contributed by atoms with E-state index >= 15 is 0 Å². The SMILES string of the molecule is CCCCCCCOc1ccc(C(N)=S)c(C)c1. The zero-order valence-electron chi connectivity index (χ0n) is 11.4. The summed E-state index contributed by atoms with van der Waals surface area (Å²) in [4.78, 5) is 0.443. The van der Waals surface area contributed by atoms with Crippen molar-refractivity contribution in [1.29, 1.82) is 0 Å². The van der Waals surface area contributed by atoms with E-state index in [1.54, 1.807) is 0 Å². The van der Waals surface area contributed by atoms with Gasteiger partial charge in [0.25, 0.3) is 0 Å². The van der Waals surface area contributed by atoms with Gasteiger partial charge in [0, 0.05) is 5.56 Å². The van der Waals surface area contributed by atoms with E-state index in [-0.39, 0.29) is 0 Å². The molecule has 0 amide bonds. The number of unbranched alkanes of at least 4 members (excludes halogenated alkanes) is 4. The molecular weight excluding hydrogens is 242 g/mol. The fraction of sp³-hybridized carbons (Fsp3) is 0.533. The van der Waals surface area contributed by atoms with E-state index in [9.17, 15) is 0 Å². The Morgan fingerprint density at radius 2 is 1.94 bits per heavy atom. The zero-order valence-corrected chi connectivity index (χ0v) is 12.2. The van der Waals surface area contributed by atoms with Crippen LogP contribution in [-0.2, 0) is 0 Å². The van der Waals surface area contributed by atoms with Crippen LogP contribution in [0.1, 0.15) is 50.2 Å². The molecule has 0 saturated heterocycles. The van der Waals surface area contributed by atoms with E-state index in [1.165, 1.54) is 25.7 Å². The number of ether oxygens (including phenoxy) is 1. The van der Waals surface area contributed by atoms with Crippen LogP contribution in [-0.4, -0.2) is 11.6 Å². The van der Waals surface area contributed by atoms with Crippen LogP contribution in [0.15, 0.2) is 18.2 Å². The Kier molecular flexibility index (Phi) is 6.73. The zero-order chi connectivity index (χ0) is 13.4. The molecule has 3 heteroatoms. The minimum Gasteiger partial charge on any atom is -0.494 e. The Morgan fingerprint density at radius 3 is 2.56 bits per heavy atom. The van der Waals surface area contributed by atoms with E-state index in [4.69, 9.17) is 22.7 Å². The summed E-state index contributed by atoms with van der Waals surface area (Å²) in [6, 6.07) is 5.87. The predicted molar refractivity (Wildman–Crippen MR) is 81.3 cm³/mol. The molecule has 0 fully saturated rings. The quantitative estimate of drug-likeness (QED) is 0.570. The molecule has 0 radical (unpaired) electrons. The van der Waals surface area contributed by atoms with Crippen molar-refractivity contribution in [3.05, 3.63) is 29.3 Å². The highest BCUT2D eigenvalue weighted by molar-refractivity contribution is 7.80. The number of rotatable bonds is 8. The average molecular weight is 265 g/mol. The molecule has 0 heterocycles. The molecule has 2 nitrogen and oxygen atoms in total. The number of hydrogen-bond acceptors (Lipinski definition) is 2. The fourth-order valence-electron chi connectivity index (χ4n) is 1.90. The second-order valence-corrected chi connectivity index (χ2v) is 5.04. The molecule has 0 aliphatic heterocycles. The van der Waals surface area contributed by atoms with Crippen LogP contribution in [0.4, 0.5) is 0 Å². The first kappa shape index (κ1) is 15.0. The van der Waals surface area contributed by atoms with Crippen molar-refractivity contribution < 1.29 is 4.74 Å². The van der Waals surface area contributed by atoms with Crippen LogP contribution >= 0.6 is 12.2 Å². The van der Waals surface area contributed by atoms with E-state index in [1.807, 2.05) is 25.1 Å². The Balaban J connectivity index is 2.35. The number of nitrogens with two attached hydrogens (primary N) is 1. The highest BCUT2D eigenvalue weighted by Gasteiger charge is 2.03. The van der Waals surface area contributed by atoms with Gasteiger partial charge in [-0.15, -0.1) is 0 Å². The van der Waals surface area contributed by atoms with E-state index in [0.29, 0.717) is 4.99 Å². The molecule has 0 saturated carbocycles. The third-order valence-corrected chi connectivity index (χ3v) is 3.20. The van der Waals surface area contributed by atoms with Crippen molar-refractivity contribution in [3.8, 4) is 5.75 Å². The summed E-state index contributed by atoms with van der Waals surface area (Å²) in [5.41, 5.74) is 7.63. The molecular formula is C15H23NOS. The summed E-state index contributed by atoms with van der Waals surface area (Å²) < 4.78 is 5.72. The van der Waals surface area contributed by atoms with Crippen molar-refractivity contribution in [2.24, 2.45) is 5.73 Å². The van der Waals surface area contributed by atoms with Crippen molar-refractivity contribution in [2.75, 3.05) is 6.61 Å². The summed E-state index contributed by atoms with van der Waals surface area (Å²) >= 11 is 4.98. The largest absolute Gasteiger partial charge is 0.494 e. The van der Waals surface area contributed by atoms with Crippen LogP contribution in [0.5, 0.6) is 5.75 Å². The minimum absolute atomic E-state index is 0.443. The van der Waals surface area contributed by atoms with Gasteiger partial charge in [0.15, 0.2) is 0 Å². The lowest BCUT2D eigenvalue weighted by atomic mass is 10.1. The standard InChI is InChI=1S/C15H23NOS/c1-3-4-5-6-7-10-17-13-8-9-14(15(16)18)12(2)11-13/h8-9,11H,3-7,10H2,1-2H3,(H2,16,18). The number of hydrogen-bond donors (Lipinski definition) is 1. The van der Waals surface area contributed by atoms with Gasteiger partial charge in [-0.2, -0.15) is 0 Å². The molecule has 1 rings (SSSR count). The highest BCUT2D eigenvalue weighted by Crippen LogP contribution is 2.17. The lowest BCUT2D eigenvalue weighted by Crippen LogP contribution is -2.11. The van der Waals surface area contributed by atoms with Crippen molar-refractivity contribution in [1.82, 2.24) is 0 Å². The second-order valence-electron chi connectivity index (χ2n) is 4.60. The maximum absolute atomic E-state index is 5.72. The Labute approximate surface area is 116 Å². The first-order valence-electron chi connectivity index (χ1n) is 6.68. The van der Waals surface area contributed by atoms with Gasteiger partial charge < -0.3 is 10.5 Å². The molecule has 0 unspecified atom stereocenters. The average Bonchev–Trinajstić information content (AvgIpc) is 2.33. The summed E-state index contributed by atoms with van der Waals surface area (Å²) in [6.07, 6.45) is 6.27. The molecule has 0 aliphatic rings. The van der Waals surface area contributed by atoms with Crippen molar-refractivity contribution >= 4 is 17.2 Å². The number of thiocarbonyl (C=S) groups is 1. The highest BCUT2D eigenvalue weighted by atomic mass is 32.1. The van der Waals surface area contributed by atoms with Gasteiger partial charge in [-0.1, -0.05) is 44.8 Å². The number of benzene rings is 1. The van der Waals surface area contributed by atoms with Crippen molar-refractivity contribution in [2.45, 2.75) is 46.0 Å². The molecule has 18 heavy (non-hydrogen) atoms. The minimum atomic E-state index is 0.443. The van der Waals surface area contributed by atoms with Gasteiger partial charge in [-0.25, -0.2) is 0 Å². The molecule has 0 aliphatic carbocycles. The Hall–Kier alpha value is -1.09. The Bertz CT molecular complexity index is 390. The second kappa shape index (κ2) is 8.09. The predicted octanol–water partition coefficient (Wildman–Crippen LogP) is 3.98. The molecule has 0 bridgehead atoms. The van der Waals surface area contributed by atoms with Crippen molar-refractivity contribution in [3.63, 3.8) is 0 Å². The summed E-state index contributed by atoms with van der Waals surface area (Å²) in [5, 5.41) is 0. The smallest absolute Gasteiger partial charge is 0.119 e. The van der Waals surface area contributed by atoms with Gasteiger partial charge in [-0.3, -0.25) is 0 Å². The fourth-order valence-corrected chi connectivity index (χ4v) is 2.13. The monoisotopic (exact) mass is 265 g/mol. The number of aryl methyl sites for hydroxylation is 1. The normalized spacial score (nSPS) is 10.3. The van der Waals surface area contributed by atoms with Gasteiger partial charge in [-0.05, 0) is 37.1 Å². The van der Waals surface area contributed by atoms with Crippen LogP contribution in [0.2, 0.25) is 0 Å². The molecule has 2 N–H and O–H groups in total. The van der Waals surface area contributed by atoms with Gasteiger partial charge in [0.2, 0.25) is 0 Å². The maximum atomic E-state index is 5.72. The molecule has 0 atom stereocenters. The van der Waals surface area contributed by atoms with Crippen LogP contribution in [0.25, 0.3) is 0 Å². The molecule has 1 aromatic carbocycles. The van der Waals surface area contributed by atoms with Crippen LogP contribution in [0, 0.1) is 6.92 Å². The first-order chi connectivity index (χ1) is 8.65. The van der Waals surface area contributed by atoms with Crippen LogP contribution in [0.3, 0.4) is 0 Å². The van der Waals surface area contributed by atoms with E-state index < -0.39 is 0 Å². The molecule has 0 spiro atoms. The summed E-state index contributed by atoms with van der Waals surface area (Å²) in [5.74, 6) is 0.906. The lowest BCUT2D eigenvalue weighted by molar-refractivity contribution is 0.304.